The molecule has 0 aromatic carbocycles. The standard InChI is InChI=1S/C13H21ClN2O/c1-12(2)4-6-13(17-3,7-5-12)11-15-9-10(8-14)16-11/h9H,4-8H2,1-3H3,(H,15,16). The van der Waals surface area contributed by atoms with E-state index in [0.717, 1.165) is 37.2 Å². The normalized spacial score (nSPS) is 22.6. The first kappa shape index (κ1) is 12.9. The van der Waals surface area contributed by atoms with E-state index in [2.05, 4.69) is 23.8 Å². The van der Waals surface area contributed by atoms with E-state index in [-0.39, 0.29) is 5.60 Å². The van der Waals surface area contributed by atoms with Crippen molar-refractivity contribution in [2.75, 3.05) is 7.11 Å². The van der Waals surface area contributed by atoms with Gasteiger partial charge in [0.05, 0.1) is 5.88 Å². The lowest BCUT2D eigenvalue weighted by atomic mass is 9.70. The van der Waals surface area contributed by atoms with Gasteiger partial charge in [-0.25, -0.2) is 4.98 Å². The molecule has 1 aromatic rings. The van der Waals surface area contributed by atoms with Crippen molar-refractivity contribution < 1.29 is 4.74 Å². The van der Waals surface area contributed by atoms with Gasteiger partial charge in [-0.3, -0.25) is 0 Å². The smallest absolute Gasteiger partial charge is 0.138 e. The summed E-state index contributed by atoms with van der Waals surface area (Å²) in [6.07, 6.45) is 6.18. The minimum Gasteiger partial charge on any atom is -0.370 e. The molecule has 0 aliphatic heterocycles. The van der Waals surface area contributed by atoms with Crippen molar-refractivity contribution in [3.63, 3.8) is 0 Å². The van der Waals surface area contributed by atoms with E-state index in [4.69, 9.17) is 16.3 Å². The molecule has 1 aliphatic carbocycles. The topological polar surface area (TPSA) is 37.9 Å². The maximum Gasteiger partial charge on any atom is 0.138 e. The second-order valence-electron chi connectivity index (χ2n) is 5.75. The Kier molecular flexibility index (Phi) is 3.50. The SMILES string of the molecule is COC1(c2ncc(CCl)[nH]2)CCC(C)(C)CC1. The van der Waals surface area contributed by atoms with E-state index in [1.165, 1.54) is 0 Å². The molecule has 1 saturated carbocycles. The Balaban J connectivity index is 2.21. The van der Waals surface area contributed by atoms with Crippen LogP contribution in [0.5, 0.6) is 0 Å². The fourth-order valence-electron chi connectivity index (χ4n) is 2.53. The Hall–Kier alpha value is -0.540. The zero-order valence-electron chi connectivity index (χ0n) is 10.8. The highest BCUT2D eigenvalue weighted by molar-refractivity contribution is 6.16. The van der Waals surface area contributed by atoms with Crippen molar-refractivity contribution in [1.82, 2.24) is 9.97 Å². The molecule has 0 bridgehead atoms. The van der Waals surface area contributed by atoms with Gasteiger partial charge in [-0.2, -0.15) is 0 Å². The summed E-state index contributed by atoms with van der Waals surface area (Å²) < 4.78 is 5.78. The molecule has 1 heterocycles. The van der Waals surface area contributed by atoms with Crippen LogP contribution < -0.4 is 0 Å². The fraction of sp³-hybridized carbons (Fsp3) is 0.769. The number of rotatable bonds is 3. The number of aromatic nitrogens is 2. The molecule has 1 aromatic heterocycles. The van der Waals surface area contributed by atoms with E-state index in [1.54, 1.807) is 7.11 Å². The van der Waals surface area contributed by atoms with Crippen molar-refractivity contribution in [3.05, 3.63) is 17.7 Å². The Bertz CT molecular complexity index is 377. The van der Waals surface area contributed by atoms with Crippen LogP contribution in [0.15, 0.2) is 6.20 Å². The van der Waals surface area contributed by atoms with Gasteiger partial charge in [0.2, 0.25) is 0 Å². The molecule has 96 valence electrons. The van der Waals surface area contributed by atoms with Crippen LogP contribution in [-0.2, 0) is 16.2 Å². The first-order chi connectivity index (χ1) is 8.01. The number of H-pyrrole nitrogens is 1. The van der Waals surface area contributed by atoms with Crippen LogP contribution in [0.25, 0.3) is 0 Å². The lowest BCUT2D eigenvalue weighted by Crippen LogP contribution is -2.37. The second-order valence-corrected chi connectivity index (χ2v) is 6.02. The number of imidazole rings is 1. The summed E-state index contributed by atoms with van der Waals surface area (Å²) in [6.45, 7) is 4.64. The molecule has 2 rings (SSSR count). The van der Waals surface area contributed by atoms with Crippen molar-refractivity contribution >= 4 is 11.6 Å². The summed E-state index contributed by atoms with van der Waals surface area (Å²) in [6, 6.07) is 0. The number of nitrogens with zero attached hydrogens (tertiary/aromatic N) is 1. The number of hydrogen-bond donors (Lipinski definition) is 1. The van der Waals surface area contributed by atoms with Gasteiger partial charge < -0.3 is 9.72 Å². The minimum atomic E-state index is -0.236. The summed E-state index contributed by atoms with van der Waals surface area (Å²) in [4.78, 5) is 7.72. The minimum absolute atomic E-state index is 0.236. The molecule has 3 nitrogen and oxygen atoms in total. The summed E-state index contributed by atoms with van der Waals surface area (Å²) >= 11 is 5.80. The Labute approximate surface area is 108 Å². The molecule has 0 saturated heterocycles. The van der Waals surface area contributed by atoms with Crippen LogP contribution in [0, 0.1) is 5.41 Å². The van der Waals surface area contributed by atoms with Gasteiger partial charge in [-0.05, 0) is 31.1 Å². The van der Waals surface area contributed by atoms with Gasteiger partial charge in [-0.15, -0.1) is 11.6 Å². The van der Waals surface area contributed by atoms with Crippen LogP contribution >= 0.6 is 11.6 Å². The first-order valence-corrected chi connectivity index (χ1v) is 6.70. The van der Waals surface area contributed by atoms with Crippen LogP contribution in [0.3, 0.4) is 0 Å². The quantitative estimate of drug-likeness (QED) is 0.840. The molecular formula is C13H21ClN2O. The lowest BCUT2D eigenvalue weighted by molar-refractivity contribution is -0.0724. The van der Waals surface area contributed by atoms with E-state index >= 15 is 0 Å². The number of halogens is 1. The average molecular weight is 257 g/mol. The van der Waals surface area contributed by atoms with Crippen LogP contribution in [-0.4, -0.2) is 17.1 Å². The third kappa shape index (κ3) is 2.50. The van der Waals surface area contributed by atoms with Crippen molar-refractivity contribution in [2.45, 2.75) is 51.0 Å². The molecule has 1 aliphatic rings. The van der Waals surface area contributed by atoms with Gasteiger partial charge in [0.25, 0.3) is 0 Å². The number of aromatic amines is 1. The highest BCUT2D eigenvalue weighted by atomic mass is 35.5. The van der Waals surface area contributed by atoms with Gasteiger partial charge in [0, 0.05) is 19.0 Å². The van der Waals surface area contributed by atoms with Gasteiger partial charge in [0.1, 0.15) is 11.4 Å². The number of hydrogen-bond acceptors (Lipinski definition) is 2. The van der Waals surface area contributed by atoms with Gasteiger partial charge in [0.15, 0.2) is 0 Å². The van der Waals surface area contributed by atoms with Crippen LogP contribution in [0.2, 0.25) is 0 Å². The molecule has 1 N–H and O–H groups in total. The van der Waals surface area contributed by atoms with Crippen molar-refractivity contribution in [1.29, 1.82) is 0 Å². The third-order valence-electron chi connectivity index (χ3n) is 4.01. The van der Waals surface area contributed by atoms with Gasteiger partial charge in [-0.1, -0.05) is 13.8 Å². The summed E-state index contributed by atoms with van der Waals surface area (Å²) in [5, 5.41) is 0. The highest BCUT2D eigenvalue weighted by Gasteiger charge is 2.41. The van der Waals surface area contributed by atoms with E-state index in [1.807, 2.05) is 6.20 Å². The van der Waals surface area contributed by atoms with Crippen LogP contribution in [0.1, 0.15) is 51.0 Å². The largest absolute Gasteiger partial charge is 0.370 e. The predicted molar refractivity (Wildman–Crippen MR) is 69.1 cm³/mol. The highest BCUT2D eigenvalue weighted by Crippen LogP contribution is 2.46. The van der Waals surface area contributed by atoms with E-state index in [0.29, 0.717) is 11.3 Å². The molecule has 0 radical (unpaired) electrons. The molecular weight excluding hydrogens is 236 g/mol. The molecule has 1 fully saturated rings. The zero-order valence-corrected chi connectivity index (χ0v) is 11.6. The van der Waals surface area contributed by atoms with E-state index < -0.39 is 0 Å². The zero-order chi connectivity index (χ0) is 12.5. The third-order valence-corrected chi connectivity index (χ3v) is 4.29. The molecule has 0 spiro atoms. The molecule has 4 heteroatoms. The maximum atomic E-state index is 5.80. The number of alkyl halides is 1. The Morgan fingerprint density at radius 2 is 2.00 bits per heavy atom. The predicted octanol–water partition coefficient (Wildman–Crippen LogP) is 3.59. The monoisotopic (exact) mass is 256 g/mol. The second kappa shape index (κ2) is 4.62. The summed E-state index contributed by atoms with van der Waals surface area (Å²) in [5.74, 6) is 1.41. The lowest BCUT2D eigenvalue weighted by Gasteiger charge is -2.41. The Morgan fingerprint density at radius 3 is 2.47 bits per heavy atom. The number of nitrogens with one attached hydrogen (secondary N) is 1. The summed E-state index contributed by atoms with van der Waals surface area (Å²) in [7, 11) is 1.78. The molecule has 17 heavy (non-hydrogen) atoms. The number of ether oxygens (including phenoxy) is 1. The first-order valence-electron chi connectivity index (χ1n) is 6.17. The van der Waals surface area contributed by atoms with Crippen molar-refractivity contribution in [2.24, 2.45) is 5.41 Å². The van der Waals surface area contributed by atoms with Crippen LogP contribution in [0.4, 0.5) is 0 Å². The maximum absolute atomic E-state index is 5.80. The van der Waals surface area contributed by atoms with Gasteiger partial charge >= 0.3 is 0 Å². The fourth-order valence-corrected chi connectivity index (χ4v) is 2.66. The average Bonchev–Trinajstić information content (AvgIpc) is 2.79. The molecule has 0 amide bonds. The Morgan fingerprint density at radius 1 is 1.35 bits per heavy atom. The number of methoxy groups -OCH3 is 1. The summed E-state index contributed by atoms with van der Waals surface area (Å²) in [5.41, 5.74) is 1.15. The van der Waals surface area contributed by atoms with Crippen molar-refractivity contribution in [3.8, 4) is 0 Å². The van der Waals surface area contributed by atoms with E-state index in [9.17, 15) is 0 Å². The molecule has 0 unspecified atom stereocenters. The molecule has 0 atom stereocenters.